The molecule has 39 heavy (non-hydrogen) atoms. The van der Waals surface area contributed by atoms with Gasteiger partial charge in [-0.15, -0.1) is 0 Å². The molecule has 0 bridgehead atoms. The number of carbonyl (C=O) groups is 1. The van der Waals surface area contributed by atoms with Gasteiger partial charge in [0.05, 0.1) is 48.5 Å². The van der Waals surface area contributed by atoms with E-state index in [2.05, 4.69) is 12.0 Å². The number of ether oxygens (including phenoxy) is 1. The molecule has 1 N–H and O–H groups in total. The van der Waals surface area contributed by atoms with Crippen LogP contribution in [-0.4, -0.2) is 65.5 Å². The lowest BCUT2D eigenvalue weighted by molar-refractivity contribution is -0.135. The number of aromatic nitrogens is 2. The summed E-state index contributed by atoms with van der Waals surface area (Å²) in [5.74, 6) is -0.0525. The molecule has 0 unspecified atom stereocenters. The first-order valence-electron chi connectivity index (χ1n) is 14.0. The van der Waals surface area contributed by atoms with Gasteiger partial charge in [-0.1, -0.05) is 37.3 Å². The molecule has 2 aromatic carbocycles. The maximum atomic E-state index is 15.5. The number of benzene rings is 2. The van der Waals surface area contributed by atoms with E-state index in [-0.39, 0.29) is 48.1 Å². The Labute approximate surface area is 229 Å². The molecule has 2 aliphatic rings. The lowest BCUT2D eigenvalue weighted by Gasteiger charge is -2.30. The number of carbonyl (C=O) groups excluding carboxylic acids is 1. The van der Waals surface area contributed by atoms with Crippen molar-refractivity contribution < 1.29 is 18.7 Å². The molecule has 2 fully saturated rings. The number of halogens is 1. The Morgan fingerprint density at radius 2 is 1.97 bits per heavy atom. The zero-order chi connectivity index (χ0) is 27.7. The number of hydrogen-bond acceptors (Lipinski definition) is 5. The summed E-state index contributed by atoms with van der Waals surface area (Å²) >= 11 is 0. The van der Waals surface area contributed by atoms with E-state index in [4.69, 9.17) is 4.74 Å². The largest absolute Gasteiger partial charge is 0.394 e. The highest BCUT2D eigenvalue weighted by atomic mass is 28.4. The third-order valence-electron chi connectivity index (χ3n) is 8.55. The predicted molar refractivity (Wildman–Crippen MR) is 152 cm³/mol. The SMILES string of the molecule is C[C@@H]1[C@@H]([Si](C)(C)F)[C@H](CC(=O)N2CCC[C@H]2CO)O[C@@H]1CCc1cccc(-n2ncc3ccccc3c2=O)c1. The van der Waals surface area contributed by atoms with Gasteiger partial charge in [-0.3, -0.25) is 9.59 Å². The van der Waals surface area contributed by atoms with Crippen molar-refractivity contribution in [3.05, 3.63) is 70.6 Å². The highest BCUT2D eigenvalue weighted by Crippen LogP contribution is 2.47. The Morgan fingerprint density at radius 1 is 1.18 bits per heavy atom. The number of amides is 1. The van der Waals surface area contributed by atoms with Gasteiger partial charge in [0, 0.05) is 17.5 Å². The third-order valence-corrected chi connectivity index (χ3v) is 11.0. The van der Waals surface area contributed by atoms with Crippen molar-refractivity contribution in [1.29, 1.82) is 0 Å². The number of aryl methyl sites for hydroxylation is 1. The lowest BCUT2D eigenvalue weighted by Crippen LogP contribution is -2.42. The quantitative estimate of drug-likeness (QED) is 0.326. The molecular weight excluding hydrogens is 513 g/mol. The van der Waals surface area contributed by atoms with Crippen LogP contribution in [0.2, 0.25) is 18.6 Å². The van der Waals surface area contributed by atoms with Crippen molar-refractivity contribution in [2.75, 3.05) is 13.2 Å². The molecule has 1 amide bonds. The molecule has 2 saturated heterocycles. The van der Waals surface area contributed by atoms with Crippen LogP contribution in [0.5, 0.6) is 0 Å². The summed E-state index contributed by atoms with van der Waals surface area (Å²) in [5.41, 5.74) is 1.31. The molecule has 1 aromatic heterocycles. The summed E-state index contributed by atoms with van der Waals surface area (Å²) in [6, 6.07) is 15.0. The summed E-state index contributed by atoms with van der Waals surface area (Å²) in [5, 5.41) is 15.4. The van der Waals surface area contributed by atoms with Crippen molar-refractivity contribution in [3.8, 4) is 5.69 Å². The average molecular weight is 552 g/mol. The highest BCUT2D eigenvalue weighted by Gasteiger charge is 2.52. The van der Waals surface area contributed by atoms with E-state index in [1.165, 1.54) is 4.68 Å². The number of likely N-dealkylation sites (tertiary alicyclic amines) is 1. The van der Waals surface area contributed by atoms with Crippen LogP contribution in [-0.2, 0) is 16.0 Å². The number of aliphatic hydroxyl groups excluding tert-OH is 1. The lowest BCUT2D eigenvalue weighted by atomic mass is 9.95. The third kappa shape index (κ3) is 5.71. The van der Waals surface area contributed by atoms with Gasteiger partial charge in [0.15, 0.2) is 0 Å². The van der Waals surface area contributed by atoms with Gasteiger partial charge in [0.1, 0.15) is 0 Å². The van der Waals surface area contributed by atoms with Crippen molar-refractivity contribution in [1.82, 2.24) is 14.7 Å². The molecule has 5 rings (SSSR count). The van der Waals surface area contributed by atoms with Crippen LogP contribution < -0.4 is 5.56 Å². The number of fused-ring (bicyclic) bond motifs is 1. The van der Waals surface area contributed by atoms with E-state index in [0.29, 0.717) is 30.5 Å². The van der Waals surface area contributed by atoms with E-state index in [9.17, 15) is 14.7 Å². The zero-order valence-electron chi connectivity index (χ0n) is 22.9. The van der Waals surface area contributed by atoms with Gasteiger partial charge in [0.25, 0.3) is 5.56 Å². The van der Waals surface area contributed by atoms with E-state index in [1.807, 2.05) is 42.5 Å². The van der Waals surface area contributed by atoms with Gasteiger partial charge < -0.3 is 18.9 Å². The molecule has 208 valence electrons. The van der Waals surface area contributed by atoms with Gasteiger partial charge in [0.2, 0.25) is 14.3 Å². The molecular formula is C30H38FN3O4Si. The Hall–Kier alpha value is -2.88. The first-order valence-corrected chi connectivity index (χ1v) is 16.9. The summed E-state index contributed by atoms with van der Waals surface area (Å²) in [7, 11) is -3.11. The van der Waals surface area contributed by atoms with Crippen LogP contribution >= 0.6 is 0 Å². The molecule has 3 aromatic rings. The van der Waals surface area contributed by atoms with E-state index in [1.54, 1.807) is 30.3 Å². The van der Waals surface area contributed by atoms with Crippen molar-refractivity contribution in [2.45, 2.75) is 75.9 Å². The Morgan fingerprint density at radius 3 is 2.74 bits per heavy atom. The van der Waals surface area contributed by atoms with Crippen LogP contribution in [0.25, 0.3) is 16.5 Å². The maximum Gasteiger partial charge on any atom is 0.279 e. The van der Waals surface area contributed by atoms with Crippen molar-refractivity contribution >= 4 is 25.1 Å². The molecule has 0 saturated carbocycles. The second-order valence-corrected chi connectivity index (χ2v) is 15.4. The fourth-order valence-corrected chi connectivity index (χ4v) is 9.19. The molecule has 0 radical (unpaired) electrons. The number of rotatable bonds is 8. The Balaban J connectivity index is 1.30. The van der Waals surface area contributed by atoms with Crippen LogP contribution in [0.15, 0.2) is 59.5 Å². The van der Waals surface area contributed by atoms with E-state index < -0.39 is 14.5 Å². The fraction of sp³-hybridized carbons (Fsp3) is 0.500. The summed E-state index contributed by atoms with van der Waals surface area (Å²) in [6.45, 7) is 6.07. The molecule has 0 aliphatic carbocycles. The Kier molecular flexibility index (Phi) is 8.03. The van der Waals surface area contributed by atoms with E-state index >= 15 is 4.11 Å². The number of hydrogen-bond donors (Lipinski definition) is 1. The minimum atomic E-state index is -3.11. The summed E-state index contributed by atoms with van der Waals surface area (Å²) in [4.78, 5) is 27.9. The van der Waals surface area contributed by atoms with Gasteiger partial charge in [-0.2, -0.15) is 9.78 Å². The van der Waals surface area contributed by atoms with Gasteiger partial charge in [-0.05, 0) is 68.5 Å². The van der Waals surface area contributed by atoms with Gasteiger partial charge >= 0.3 is 0 Å². The second kappa shape index (κ2) is 11.3. The molecule has 5 atom stereocenters. The zero-order valence-corrected chi connectivity index (χ0v) is 23.9. The van der Waals surface area contributed by atoms with Crippen LogP contribution in [0.4, 0.5) is 4.11 Å². The minimum Gasteiger partial charge on any atom is -0.394 e. The molecule has 3 heterocycles. The molecule has 2 aliphatic heterocycles. The van der Waals surface area contributed by atoms with Crippen LogP contribution in [0, 0.1) is 5.92 Å². The Bertz CT molecular complexity index is 1390. The molecule has 7 nitrogen and oxygen atoms in total. The summed E-state index contributed by atoms with van der Waals surface area (Å²) < 4.78 is 23.4. The highest BCUT2D eigenvalue weighted by molar-refractivity contribution is 6.72. The number of aliphatic hydroxyl groups is 1. The van der Waals surface area contributed by atoms with Crippen molar-refractivity contribution in [2.24, 2.45) is 5.92 Å². The predicted octanol–water partition coefficient (Wildman–Crippen LogP) is 4.64. The first-order chi connectivity index (χ1) is 18.7. The monoisotopic (exact) mass is 551 g/mol. The average Bonchev–Trinajstić information content (AvgIpc) is 3.52. The summed E-state index contributed by atoms with van der Waals surface area (Å²) in [6.07, 6.45) is 4.34. The van der Waals surface area contributed by atoms with E-state index in [0.717, 1.165) is 23.8 Å². The second-order valence-electron chi connectivity index (χ2n) is 11.6. The standard InChI is InChI=1S/C30H38FN3O4Si/c1-20-26(38-27(29(20)39(2,3)31)17-28(36)33-15-7-11-24(33)19-35)14-13-21-8-6-10-23(16-21)34-30(37)25-12-5-4-9-22(25)18-32-34/h4-6,8-10,12,16,18,20,24,26-27,29,35H,7,11,13-15,17,19H2,1-3H3/t20-,24-,26+,27-,29+/m0/s1. The van der Waals surface area contributed by atoms with Crippen LogP contribution in [0.1, 0.15) is 38.2 Å². The topological polar surface area (TPSA) is 84.7 Å². The fourth-order valence-electron chi connectivity index (χ4n) is 6.65. The molecule has 9 heteroatoms. The first kappa shape index (κ1) is 27.7. The normalized spacial score (nSPS) is 25.5. The molecule has 0 spiro atoms. The van der Waals surface area contributed by atoms with Crippen molar-refractivity contribution in [3.63, 3.8) is 0 Å². The smallest absolute Gasteiger partial charge is 0.279 e. The number of nitrogens with zero attached hydrogens (tertiary/aromatic N) is 3. The van der Waals surface area contributed by atoms with Gasteiger partial charge in [-0.25, -0.2) is 0 Å². The minimum absolute atomic E-state index is 0.00496. The van der Waals surface area contributed by atoms with Crippen LogP contribution in [0.3, 0.4) is 0 Å². The maximum absolute atomic E-state index is 15.5.